The van der Waals surface area contributed by atoms with Crippen molar-refractivity contribution >= 4 is 17.5 Å². The molecule has 10 heteroatoms. The van der Waals surface area contributed by atoms with E-state index in [-0.39, 0.29) is 17.5 Å². The van der Waals surface area contributed by atoms with Gasteiger partial charge in [0, 0.05) is 7.05 Å². The number of nitrogens with one attached hydrogen (secondary N) is 2. The van der Waals surface area contributed by atoms with Crippen LogP contribution in [0.5, 0.6) is 5.75 Å². The van der Waals surface area contributed by atoms with Crippen LogP contribution in [0.15, 0.2) is 24.7 Å². The third-order valence-electron chi connectivity index (χ3n) is 4.19. The van der Waals surface area contributed by atoms with E-state index in [9.17, 15) is 4.39 Å². The van der Waals surface area contributed by atoms with Gasteiger partial charge in [0.05, 0.1) is 24.7 Å². The number of anilines is 3. The van der Waals surface area contributed by atoms with Crippen LogP contribution in [0.25, 0.3) is 5.69 Å². The van der Waals surface area contributed by atoms with E-state index < -0.39 is 0 Å². The third-order valence-corrected chi connectivity index (χ3v) is 4.19. The quantitative estimate of drug-likeness (QED) is 0.693. The van der Waals surface area contributed by atoms with Gasteiger partial charge in [0.1, 0.15) is 12.1 Å². The molecule has 0 saturated heterocycles. The molecule has 26 heavy (non-hydrogen) atoms. The largest absolute Gasteiger partial charge is 0.491 e. The van der Waals surface area contributed by atoms with Crippen molar-refractivity contribution < 1.29 is 9.13 Å². The summed E-state index contributed by atoms with van der Waals surface area (Å²) in [6, 6.07) is 3.20. The minimum Gasteiger partial charge on any atom is -0.491 e. The molecule has 1 saturated carbocycles. The summed E-state index contributed by atoms with van der Waals surface area (Å²) in [7, 11) is 3.25. The van der Waals surface area contributed by atoms with Crippen molar-refractivity contribution in [3.63, 3.8) is 0 Å². The number of benzene rings is 1. The Kier molecular flexibility index (Phi) is 4.07. The lowest BCUT2D eigenvalue weighted by Crippen LogP contribution is -2.06. The Morgan fingerprint density at radius 2 is 2.15 bits per heavy atom. The predicted molar refractivity (Wildman–Crippen MR) is 92.5 cm³/mol. The zero-order chi connectivity index (χ0) is 18.1. The molecule has 0 radical (unpaired) electrons. The standard InChI is InChI=1S/C16H17FN8O/c1-18-15-14(26-2)7-19-16(22-15)21-12-6-13(25-8-20-23-24-25)10(5-11(12)17)9-3-4-9/h5-9H,3-4H2,1-2H3,(H2,18,19,21,22). The Bertz CT molecular complexity index is 926. The van der Waals surface area contributed by atoms with E-state index in [1.807, 2.05) is 0 Å². The van der Waals surface area contributed by atoms with Crippen LogP contribution in [-0.2, 0) is 0 Å². The molecule has 0 spiro atoms. The molecule has 134 valence electrons. The Morgan fingerprint density at radius 3 is 2.81 bits per heavy atom. The first kappa shape index (κ1) is 16.2. The molecule has 0 atom stereocenters. The average molecular weight is 356 g/mol. The van der Waals surface area contributed by atoms with Crippen molar-refractivity contribution in [1.82, 2.24) is 30.2 Å². The maximum atomic E-state index is 14.7. The molecule has 0 amide bonds. The molecule has 1 aliphatic rings. The van der Waals surface area contributed by atoms with Crippen molar-refractivity contribution in [1.29, 1.82) is 0 Å². The smallest absolute Gasteiger partial charge is 0.229 e. The van der Waals surface area contributed by atoms with Gasteiger partial charge in [-0.25, -0.2) is 14.1 Å². The van der Waals surface area contributed by atoms with E-state index in [0.29, 0.717) is 17.5 Å². The number of hydrogen-bond acceptors (Lipinski definition) is 8. The summed E-state index contributed by atoms with van der Waals surface area (Å²) >= 11 is 0. The Balaban J connectivity index is 1.72. The summed E-state index contributed by atoms with van der Waals surface area (Å²) in [5.74, 6) is 1.20. The highest BCUT2D eigenvalue weighted by Gasteiger charge is 2.28. The second-order valence-electron chi connectivity index (χ2n) is 5.91. The second kappa shape index (κ2) is 6.54. The van der Waals surface area contributed by atoms with E-state index in [0.717, 1.165) is 24.1 Å². The minimum atomic E-state index is -0.380. The molecular formula is C16H17FN8O. The first-order valence-electron chi connectivity index (χ1n) is 8.12. The zero-order valence-corrected chi connectivity index (χ0v) is 14.3. The molecule has 0 bridgehead atoms. The highest BCUT2D eigenvalue weighted by Crippen LogP contribution is 2.44. The normalized spacial score (nSPS) is 13.5. The fraction of sp³-hybridized carbons (Fsp3) is 0.312. The van der Waals surface area contributed by atoms with Gasteiger partial charge < -0.3 is 15.4 Å². The number of methoxy groups -OCH3 is 1. The number of nitrogens with zero attached hydrogens (tertiary/aromatic N) is 6. The summed E-state index contributed by atoms with van der Waals surface area (Å²) in [6.07, 6.45) is 5.08. The Morgan fingerprint density at radius 1 is 1.31 bits per heavy atom. The summed E-state index contributed by atoms with van der Waals surface area (Å²) in [5, 5.41) is 17.1. The summed E-state index contributed by atoms with van der Waals surface area (Å²) in [6.45, 7) is 0. The summed E-state index contributed by atoms with van der Waals surface area (Å²) < 4.78 is 21.4. The van der Waals surface area contributed by atoms with E-state index in [1.54, 1.807) is 13.1 Å². The van der Waals surface area contributed by atoms with Gasteiger partial charge in [-0.1, -0.05) is 0 Å². The van der Waals surface area contributed by atoms with Gasteiger partial charge in [-0.2, -0.15) is 4.98 Å². The molecule has 0 unspecified atom stereocenters. The van der Waals surface area contributed by atoms with E-state index >= 15 is 0 Å². The van der Waals surface area contributed by atoms with Crippen molar-refractivity contribution in [3.05, 3.63) is 36.0 Å². The van der Waals surface area contributed by atoms with Gasteiger partial charge in [0.15, 0.2) is 11.6 Å². The van der Waals surface area contributed by atoms with Gasteiger partial charge in [-0.3, -0.25) is 0 Å². The minimum absolute atomic E-state index is 0.243. The molecule has 2 heterocycles. The van der Waals surface area contributed by atoms with Crippen LogP contribution in [0.1, 0.15) is 24.3 Å². The van der Waals surface area contributed by atoms with Crippen molar-refractivity contribution in [3.8, 4) is 11.4 Å². The van der Waals surface area contributed by atoms with Gasteiger partial charge >= 0.3 is 0 Å². The van der Waals surface area contributed by atoms with Crippen LogP contribution in [0.2, 0.25) is 0 Å². The number of hydrogen-bond donors (Lipinski definition) is 2. The lowest BCUT2D eigenvalue weighted by Gasteiger charge is -2.14. The van der Waals surface area contributed by atoms with Crippen molar-refractivity contribution in [2.24, 2.45) is 0 Å². The average Bonchev–Trinajstić information content (AvgIpc) is 3.37. The highest BCUT2D eigenvalue weighted by molar-refractivity contribution is 5.63. The summed E-state index contributed by atoms with van der Waals surface area (Å²) in [4.78, 5) is 8.44. The van der Waals surface area contributed by atoms with Crippen LogP contribution < -0.4 is 15.4 Å². The molecule has 1 fully saturated rings. The summed E-state index contributed by atoms with van der Waals surface area (Å²) in [5.41, 5.74) is 1.88. The lowest BCUT2D eigenvalue weighted by atomic mass is 10.1. The van der Waals surface area contributed by atoms with Gasteiger partial charge in [0.2, 0.25) is 5.95 Å². The molecule has 1 aromatic carbocycles. The Labute approximate surface area is 148 Å². The molecule has 9 nitrogen and oxygen atoms in total. The van der Waals surface area contributed by atoms with Crippen molar-refractivity contribution in [2.75, 3.05) is 24.8 Å². The van der Waals surface area contributed by atoms with E-state index in [1.165, 1.54) is 30.4 Å². The van der Waals surface area contributed by atoms with E-state index in [4.69, 9.17) is 4.74 Å². The number of aromatic nitrogens is 6. The first-order valence-corrected chi connectivity index (χ1v) is 8.12. The molecular weight excluding hydrogens is 339 g/mol. The monoisotopic (exact) mass is 356 g/mol. The van der Waals surface area contributed by atoms with Gasteiger partial charge in [0.25, 0.3) is 0 Å². The number of ether oxygens (including phenoxy) is 1. The van der Waals surface area contributed by atoms with Crippen LogP contribution in [0.4, 0.5) is 21.8 Å². The number of halogens is 1. The molecule has 2 aromatic heterocycles. The maximum Gasteiger partial charge on any atom is 0.229 e. The third kappa shape index (κ3) is 3.01. The van der Waals surface area contributed by atoms with Crippen LogP contribution in [-0.4, -0.2) is 44.3 Å². The fourth-order valence-electron chi connectivity index (χ4n) is 2.74. The zero-order valence-electron chi connectivity index (χ0n) is 14.3. The van der Waals surface area contributed by atoms with Gasteiger partial charge in [-0.05, 0) is 46.9 Å². The van der Waals surface area contributed by atoms with Crippen LogP contribution in [0, 0.1) is 5.82 Å². The topological polar surface area (TPSA) is 103 Å². The van der Waals surface area contributed by atoms with Crippen LogP contribution in [0.3, 0.4) is 0 Å². The fourth-order valence-corrected chi connectivity index (χ4v) is 2.74. The maximum absolute atomic E-state index is 14.7. The molecule has 4 rings (SSSR count). The van der Waals surface area contributed by atoms with E-state index in [2.05, 4.69) is 36.1 Å². The molecule has 1 aliphatic carbocycles. The number of rotatable bonds is 6. The van der Waals surface area contributed by atoms with Crippen molar-refractivity contribution in [2.45, 2.75) is 18.8 Å². The Hall–Kier alpha value is -3.30. The number of tetrazole rings is 1. The molecule has 0 aliphatic heterocycles. The molecule has 2 N–H and O–H groups in total. The van der Waals surface area contributed by atoms with Gasteiger partial charge in [-0.15, -0.1) is 5.10 Å². The first-order chi connectivity index (χ1) is 12.7. The molecule has 3 aromatic rings. The predicted octanol–water partition coefficient (Wildman–Crippen LogP) is 2.26. The van der Waals surface area contributed by atoms with Crippen LogP contribution >= 0.6 is 0 Å². The highest BCUT2D eigenvalue weighted by atomic mass is 19.1. The second-order valence-corrected chi connectivity index (χ2v) is 5.91. The SMILES string of the molecule is CNc1nc(Nc2cc(-n3cnnn3)c(C3CC3)cc2F)ncc1OC. The lowest BCUT2D eigenvalue weighted by molar-refractivity contribution is 0.413.